The third-order valence-corrected chi connectivity index (χ3v) is 12.4. The lowest BCUT2D eigenvalue weighted by atomic mass is 9.55. The Balaban J connectivity index is 1.06. The second kappa shape index (κ2) is 16.0. The van der Waals surface area contributed by atoms with Crippen LogP contribution in [0.2, 0.25) is 0 Å². The standard InChI is InChI=1S/C37H54N2O14/c1-16-27(39-17(2)41)31(28(45)25(15-40)50-16)52-36-30(47)29(46)32(49-4)33(53-36)35(48)38-12-10-26(44)51-34-24(43)14-23-22-7-5-18-13-19(42)6-8-20(18)21(22)9-11-37(23,34)3/h6,8,13,16,21-25,27-34,36,40,42-43,45-47H,5,7,9-12,14-15H2,1-4H3,(H,38,48)(H,39,41)/t16?,21-,22-,23+,24-,25?,27?,28?,29?,30?,31?,32?,33?,34+,36?,37+/m1/s1. The van der Waals surface area contributed by atoms with Gasteiger partial charge in [0.1, 0.15) is 48.5 Å². The maximum atomic E-state index is 13.4. The number of aliphatic hydroxyl groups excluding tert-OH is 5. The molecule has 1 aromatic rings. The number of esters is 1. The molecule has 10 unspecified atom stereocenters. The van der Waals surface area contributed by atoms with Crippen molar-refractivity contribution in [3.63, 3.8) is 0 Å². The van der Waals surface area contributed by atoms with E-state index in [2.05, 4.69) is 17.6 Å². The van der Waals surface area contributed by atoms with Gasteiger partial charge in [0, 0.05) is 26.0 Å². The van der Waals surface area contributed by atoms with Gasteiger partial charge in [0.15, 0.2) is 12.4 Å². The molecule has 2 saturated heterocycles. The smallest absolute Gasteiger partial charge is 0.307 e. The first-order valence-electron chi connectivity index (χ1n) is 18.6. The van der Waals surface area contributed by atoms with Crippen LogP contribution in [0.1, 0.15) is 69.9 Å². The van der Waals surface area contributed by atoms with E-state index in [1.54, 1.807) is 13.0 Å². The summed E-state index contributed by atoms with van der Waals surface area (Å²) in [5, 5.41) is 68.8. The van der Waals surface area contributed by atoms with Gasteiger partial charge < -0.3 is 65.0 Å². The maximum Gasteiger partial charge on any atom is 0.307 e. The molecule has 16 heteroatoms. The second-order valence-electron chi connectivity index (χ2n) is 15.6. The van der Waals surface area contributed by atoms with E-state index in [4.69, 9.17) is 23.7 Å². The molecule has 16 nitrogen and oxygen atoms in total. The van der Waals surface area contributed by atoms with Crippen LogP contribution in [0.5, 0.6) is 5.75 Å². The molecule has 2 aliphatic heterocycles. The predicted molar refractivity (Wildman–Crippen MR) is 183 cm³/mol. The number of fused-ring (bicyclic) bond motifs is 5. The third-order valence-electron chi connectivity index (χ3n) is 12.4. The molecule has 1 aromatic carbocycles. The van der Waals surface area contributed by atoms with Crippen molar-refractivity contribution in [1.82, 2.24) is 10.6 Å². The molecule has 4 fully saturated rings. The Morgan fingerprint density at radius 1 is 1.04 bits per heavy atom. The average molecular weight is 751 g/mol. The van der Waals surface area contributed by atoms with E-state index >= 15 is 0 Å². The van der Waals surface area contributed by atoms with E-state index in [0.29, 0.717) is 18.3 Å². The molecule has 2 saturated carbocycles. The molecule has 296 valence electrons. The number of phenolic OH excluding ortho intramolecular Hbond substituents is 1. The number of amides is 2. The second-order valence-corrected chi connectivity index (χ2v) is 15.6. The van der Waals surface area contributed by atoms with Crippen LogP contribution in [-0.4, -0.2) is 142 Å². The fraction of sp³-hybridized carbons (Fsp3) is 0.757. The molecule has 3 aliphatic carbocycles. The zero-order valence-corrected chi connectivity index (χ0v) is 30.5. The van der Waals surface area contributed by atoms with Crippen LogP contribution in [0, 0.1) is 17.3 Å². The summed E-state index contributed by atoms with van der Waals surface area (Å²) in [4.78, 5) is 38.5. The first kappa shape index (κ1) is 39.8. The summed E-state index contributed by atoms with van der Waals surface area (Å²) in [5.74, 6) is -0.797. The highest BCUT2D eigenvalue weighted by molar-refractivity contribution is 5.82. The molecule has 2 heterocycles. The van der Waals surface area contributed by atoms with E-state index in [1.165, 1.54) is 25.2 Å². The van der Waals surface area contributed by atoms with Gasteiger partial charge in [-0.05, 0) is 80.0 Å². The van der Waals surface area contributed by atoms with Crippen molar-refractivity contribution in [2.24, 2.45) is 17.3 Å². The molecule has 8 N–H and O–H groups in total. The first-order chi connectivity index (χ1) is 25.2. The summed E-state index contributed by atoms with van der Waals surface area (Å²) in [6, 6.07) is 4.64. The minimum absolute atomic E-state index is 0.149. The van der Waals surface area contributed by atoms with Gasteiger partial charge in [0.2, 0.25) is 5.91 Å². The lowest BCUT2D eigenvalue weighted by molar-refractivity contribution is -0.325. The predicted octanol–water partition coefficient (Wildman–Crippen LogP) is -0.871. The van der Waals surface area contributed by atoms with Crippen molar-refractivity contribution in [3.8, 4) is 5.75 Å². The Labute approximate surface area is 308 Å². The van der Waals surface area contributed by atoms with Gasteiger partial charge >= 0.3 is 5.97 Å². The molecule has 6 rings (SSSR count). The van der Waals surface area contributed by atoms with Crippen molar-refractivity contribution >= 4 is 17.8 Å². The summed E-state index contributed by atoms with van der Waals surface area (Å²) < 4.78 is 28.6. The number of carbonyl (C=O) groups excluding carboxylic acids is 3. The number of methoxy groups -OCH3 is 1. The van der Waals surface area contributed by atoms with Gasteiger partial charge in [-0.25, -0.2) is 0 Å². The van der Waals surface area contributed by atoms with Crippen molar-refractivity contribution in [2.75, 3.05) is 20.3 Å². The molecule has 0 radical (unpaired) electrons. The first-order valence-corrected chi connectivity index (χ1v) is 18.6. The minimum Gasteiger partial charge on any atom is -0.508 e. The lowest BCUT2D eigenvalue weighted by Gasteiger charge is -2.50. The minimum atomic E-state index is -1.75. The van der Waals surface area contributed by atoms with Crippen LogP contribution < -0.4 is 10.6 Å². The normalized spacial score (nSPS) is 42.1. The van der Waals surface area contributed by atoms with Gasteiger partial charge in [-0.3, -0.25) is 14.4 Å². The van der Waals surface area contributed by atoms with E-state index in [-0.39, 0.29) is 24.6 Å². The van der Waals surface area contributed by atoms with Gasteiger partial charge in [0.25, 0.3) is 5.91 Å². The SMILES string of the molecule is COC1C(C(=O)NCCC(=O)O[C@H]2[C@H](O)C[C@H]3[C@@H]4CCc5cc(O)ccc5[C@H]4CC[C@@]32C)OC(OC2C(O)C(CO)OC(C)C2NC(C)=O)C(O)C1O. The highest BCUT2D eigenvalue weighted by Gasteiger charge is 2.60. The number of aryl methyl sites for hydroxylation is 1. The Hall–Kier alpha value is -2.93. The quantitative estimate of drug-likeness (QED) is 0.136. The largest absolute Gasteiger partial charge is 0.508 e. The molecule has 16 atom stereocenters. The van der Waals surface area contributed by atoms with E-state index in [9.17, 15) is 45.0 Å². The van der Waals surface area contributed by atoms with Crippen LogP contribution in [-0.2, 0) is 44.5 Å². The summed E-state index contributed by atoms with van der Waals surface area (Å²) in [6.45, 7) is 4.19. The van der Waals surface area contributed by atoms with Crippen LogP contribution >= 0.6 is 0 Å². The number of ether oxygens (including phenoxy) is 5. The van der Waals surface area contributed by atoms with Crippen molar-refractivity contribution in [1.29, 1.82) is 0 Å². The molecule has 2 amide bonds. The Bertz CT molecular complexity index is 1500. The number of aromatic hydroxyl groups is 1. The van der Waals surface area contributed by atoms with Crippen LogP contribution in [0.15, 0.2) is 18.2 Å². The Kier molecular flexibility index (Phi) is 12.0. The number of aliphatic hydroxyl groups is 5. The summed E-state index contributed by atoms with van der Waals surface area (Å²) >= 11 is 0. The van der Waals surface area contributed by atoms with Crippen LogP contribution in [0.3, 0.4) is 0 Å². The van der Waals surface area contributed by atoms with Crippen molar-refractivity contribution in [2.45, 2.75) is 139 Å². The van der Waals surface area contributed by atoms with Crippen LogP contribution in [0.25, 0.3) is 0 Å². The average Bonchev–Trinajstić information content (AvgIpc) is 3.37. The Morgan fingerprint density at radius 2 is 1.79 bits per heavy atom. The van der Waals surface area contributed by atoms with Gasteiger partial charge in [0.05, 0.1) is 31.3 Å². The fourth-order valence-electron chi connectivity index (χ4n) is 9.80. The highest BCUT2D eigenvalue weighted by Crippen LogP contribution is 2.61. The maximum absolute atomic E-state index is 13.4. The number of benzene rings is 1. The molecule has 5 aliphatic rings. The third kappa shape index (κ3) is 7.67. The summed E-state index contributed by atoms with van der Waals surface area (Å²) in [5.41, 5.74) is 2.00. The number of phenols is 1. The molecule has 0 aromatic heterocycles. The van der Waals surface area contributed by atoms with E-state index in [1.807, 2.05) is 12.1 Å². The summed E-state index contributed by atoms with van der Waals surface area (Å²) in [7, 11) is 1.22. The molecule has 0 spiro atoms. The molecular weight excluding hydrogens is 696 g/mol. The van der Waals surface area contributed by atoms with Gasteiger partial charge in [-0.1, -0.05) is 13.0 Å². The molecule has 0 bridgehead atoms. The van der Waals surface area contributed by atoms with Gasteiger partial charge in [-0.15, -0.1) is 0 Å². The topological polar surface area (TPSA) is 243 Å². The number of rotatable bonds is 10. The number of carbonyl (C=O) groups is 3. The summed E-state index contributed by atoms with van der Waals surface area (Å²) in [6.07, 6.45) is -10.4. The van der Waals surface area contributed by atoms with Crippen LogP contribution in [0.4, 0.5) is 0 Å². The number of hydrogen-bond donors (Lipinski definition) is 8. The van der Waals surface area contributed by atoms with Crippen molar-refractivity contribution < 1.29 is 68.7 Å². The monoisotopic (exact) mass is 750 g/mol. The zero-order chi connectivity index (χ0) is 38.4. The number of hydrogen-bond acceptors (Lipinski definition) is 14. The van der Waals surface area contributed by atoms with Gasteiger partial charge in [-0.2, -0.15) is 0 Å². The fourth-order valence-corrected chi connectivity index (χ4v) is 9.80. The number of nitrogens with one attached hydrogen (secondary N) is 2. The van der Waals surface area contributed by atoms with Crippen molar-refractivity contribution in [3.05, 3.63) is 29.3 Å². The zero-order valence-electron chi connectivity index (χ0n) is 30.5. The highest BCUT2D eigenvalue weighted by atomic mass is 16.7. The van der Waals surface area contributed by atoms with E-state index < -0.39 is 103 Å². The molecule has 53 heavy (non-hydrogen) atoms. The lowest BCUT2D eigenvalue weighted by Crippen LogP contribution is -2.68. The Morgan fingerprint density at radius 3 is 2.49 bits per heavy atom. The van der Waals surface area contributed by atoms with E-state index in [0.717, 1.165) is 25.7 Å². The molecular formula is C37H54N2O14.